The van der Waals surface area contributed by atoms with E-state index in [1.54, 1.807) is 0 Å². The molecule has 2 fully saturated rings. The molecule has 1 aliphatic heterocycles. The van der Waals surface area contributed by atoms with Crippen molar-refractivity contribution in [3.8, 4) is 0 Å². The molecule has 1 unspecified atom stereocenters. The van der Waals surface area contributed by atoms with Gasteiger partial charge in [-0.15, -0.1) is 0 Å². The smallest absolute Gasteiger partial charge is 0.223 e. The standard InChI is InChI=1S/C12H23N3O/c16-12(10-4-5-10)15-8-7-13-9-11-3-1-2-6-14-11/h10-11,13-14H,1-9H2,(H,15,16). The lowest BCUT2D eigenvalue weighted by Crippen LogP contribution is -2.43. The van der Waals surface area contributed by atoms with Crippen LogP contribution in [0.3, 0.4) is 0 Å². The predicted octanol–water partition coefficient (Wildman–Crippen LogP) is 0.244. The summed E-state index contributed by atoms with van der Waals surface area (Å²) in [5.74, 6) is 0.581. The molecule has 0 aromatic rings. The van der Waals surface area contributed by atoms with E-state index < -0.39 is 0 Å². The average Bonchev–Trinajstić information content (AvgIpc) is 3.13. The van der Waals surface area contributed by atoms with Crippen LogP contribution in [0.2, 0.25) is 0 Å². The Morgan fingerprint density at radius 1 is 1.19 bits per heavy atom. The van der Waals surface area contributed by atoms with E-state index in [1.807, 2.05) is 0 Å². The van der Waals surface area contributed by atoms with Crippen molar-refractivity contribution in [3.63, 3.8) is 0 Å². The van der Waals surface area contributed by atoms with Gasteiger partial charge in [-0.3, -0.25) is 4.79 Å². The summed E-state index contributed by atoms with van der Waals surface area (Å²) >= 11 is 0. The maximum absolute atomic E-state index is 11.3. The molecule has 1 saturated carbocycles. The van der Waals surface area contributed by atoms with Crippen LogP contribution in [-0.4, -0.2) is 38.1 Å². The van der Waals surface area contributed by atoms with Gasteiger partial charge in [-0.25, -0.2) is 0 Å². The molecule has 0 aromatic heterocycles. The van der Waals surface area contributed by atoms with Crippen molar-refractivity contribution in [1.82, 2.24) is 16.0 Å². The molecule has 92 valence electrons. The van der Waals surface area contributed by atoms with E-state index in [9.17, 15) is 4.79 Å². The fourth-order valence-corrected chi connectivity index (χ4v) is 2.14. The van der Waals surface area contributed by atoms with Crippen molar-refractivity contribution in [3.05, 3.63) is 0 Å². The SMILES string of the molecule is O=C(NCCNCC1CCCCN1)C1CC1. The third-order valence-electron chi connectivity index (χ3n) is 3.35. The second kappa shape index (κ2) is 6.21. The Morgan fingerprint density at radius 3 is 2.75 bits per heavy atom. The number of hydrogen-bond donors (Lipinski definition) is 3. The van der Waals surface area contributed by atoms with Crippen molar-refractivity contribution >= 4 is 5.91 Å². The Morgan fingerprint density at radius 2 is 2.06 bits per heavy atom. The van der Waals surface area contributed by atoms with Crippen LogP contribution >= 0.6 is 0 Å². The van der Waals surface area contributed by atoms with Crippen molar-refractivity contribution in [2.75, 3.05) is 26.2 Å². The van der Waals surface area contributed by atoms with Gasteiger partial charge < -0.3 is 16.0 Å². The largest absolute Gasteiger partial charge is 0.355 e. The summed E-state index contributed by atoms with van der Waals surface area (Å²) in [7, 11) is 0. The fraction of sp³-hybridized carbons (Fsp3) is 0.917. The second-order valence-electron chi connectivity index (χ2n) is 4.92. The average molecular weight is 225 g/mol. The van der Waals surface area contributed by atoms with Gasteiger partial charge in [0.25, 0.3) is 0 Å². The maximum atomic E-state index is 11.3. The molecule has 16 heavy (non-hydrogen) atoms. The quantitative estimate of drug-likeness (QED) is 0.568. The number of hydrogen-bond acceptors (Lipinski definition) is 3. The summed E-state index contributed by atoms with van der Waals surface area (Å²) < 4.78 is 0. The third kappa shape index (κ3) is 4.10. The number of amides is 1. The molecule has 0 aromatic carbocycles. The molecule has 2 rings (SSSR count). The molecular weight excluding hydrogens is 202 g/mol. The molecule has 0 bridgehead atoms. The first-order valence-corrected chi connectivity index (χ1v) is 6.58. The molecule has 1 heterocycles. The lowest BCUT2D eigenvalue weighted by atomic mass is 10.1. The van der Waals surface area contributed by atoms with Crippen LogP contribution in [-0.2, 0) is 4.79 Å². The summed E-state index contributed by atoms with van der Waals surface area (Å²) in [4.78, 5) is 11.3. The van der Waals surface area contributed by atoms with Crippen molar-refractivity contribution in [1.29, 1.82) is 0 Å². The zero-order valence-electron chi connectivity index (χ0n) is 9.93. The molecule has 0 radical (unpaired) electrons. The maximum Gasteiger partial charge on any atom is 0.223 e. The number of piperidine rings is 1. The van der Waals surface area contributed by atoms with Gasteiger partial charge in [-0.05, 0) is 32.2 Å². The molecule has 3 N–H and O–H groups in total. The van der Waals surface area contributed by atoms with Gasteiger partial charge in [0.2, 0.25) is 5.91 Å². The Bertz CT molecular complexity index is 222. The molecule has 4 nitrogen and oxygen atoms in total. The summed E-state index contributed by atoms with van der Waals surface area (Å²) in [6, 6.07) is 0.632. The van der Waals surface area contributed by atoms with Gasteiger partial charge in [0.15, 0.2) is 0 Å². The van der Waals surface area contributed by atoms with Crippen LogP contribution < -0.4 is 16.0 Å². The van der Waals surface area contributed by atoms with E-state index in [0.29, 0.717) is 12.0 Å². The van der Waals surface area contributed by atoms with E-state index in [4.69, 9.17) is 0 Å². The minimum Gasteiger partial charge on any atom is -0.355 e. The highest BCUT2D eigenvalue weighted by molar-refractivity contribution is 5.80. The number of rotatable bonds is 6. The first kappa shape index (κ1) is 11.9. The summed E-state index contributed by atoms with van der Waals surface area (Å²) in [5, 5.41) is 9.85. The molecule has 1 amide bonds. The van der Waals surface area contributed by atoms with Gasteiger partial charge in [0, 0.05) is 31.6 Å². The van der Waals surface area contributed by atoms with Crippen LogP contribution in [0, 0.1) is 5.92 Å². The number of carbonyl (C=O) groups is 1. The summed E-state index contributed by atoms with van der Waals surface area (Å²) in [6.45, 7) is 3.84. The van der Waals surface area contributed by atoms with E-state index in [0.717, 1.165) is 39.0 Å². The van der Waals surface area contributed by atoms with Gasteiger partial charge in [-0.1, -0.05) is 6.42 Å². The van der Waals surface area contributed by atoms with E-state index in [1.165, 1.54) is 19.3 Å². The van der Waals surface area contributed by atoms with E-state index in [2.05, 4.69) is 16.0 Å². The van der Waals surface area contributed by atoms with E-state index in [-0.39, 0.29) is 5.91 Å². The summed E-state index contributed by atoms with van der Waals surface area (Å²) in [5.41, 5.74) is 0. The molecule has 1 atom stereocenters. The molecular formula is C12H23N3O. The minimum atomic E-state index is 0.248. The van der Waals surface area contributed by atoms with Gasteiger partial charge in [0.05, 0.1) is 0 Å². The van der Waals surface area contributed by atoms with Crippen molar-refractivity contribution in [2.24, 2.45) is 5.92 Å². The van der Waals surface area contributed by atoms with Crippen molar-refractivity contribution in [2.45, 2.75) is 38.1 Å². The zero-order chi connectivity index (χ0) is 11.2. The van der Waals surface area contributed by atoms with Gasteiger partial charge in [0.1, 0.15) is 0 Å². The fourth-order valence-electron chi connectivity index (χ4n) is 2.14. The van der Waals surface area contributed by atoms with Gasteiger partial charge in [-0.2, -0.15) is 0 Å². The normalized spacial score (nSPS) is 25.4. The zero-order valence-corrected chi connectivity index (χ0v) is 9.93. The summed E-state index contributed by atoms with van der Waals surface area (Å²) in [6.07, 6.45) is 6.11. The first-order valence-electron chi connectivity index (χ1n) is 6.58. The lowest BCUT2D eigenvalue weighted by Gasteiger charge is -2.23. The monoisotopic (exact) mass is 225 g/mol. The highest BCUT2D eigenvalue weighted by Gasteiger charge is 2.28. The van der Waals surface area contributed by atoms with E-state index >= 15 is 0 Å². The predicted molar refractivity (Wildman–Crippen MR) is 64.2 cm³/mol. The second-order valence-corrected chi connectivity index (χ2v) is 4.92. The van der Waals surface area contributed by atoms with Crippen LogP contribution in [0.5, 0.6) is 0 Å². The highest BCUT2D eigenvalue weighted by atomic mass is 16.2. The molecule has 2 aliphatic rings. The van der Waals surface area contributed by atoms with Crippen LogP contribution in [0.15, 0.2) is 0 Å². The van der Waals surface area contributed by atoms with Crippen molar-refractivity contribution < 1.29 is 4.79 Å². The lowest BCUT2D eigenvalue weighted by molar-refractivity contribution is -0.122. The molecule has 1 aliphatic carbocycles. The Balaban J connectivity index is 1.43. The number of carbonyl (C=O) groups excluding carboxylic acids is 1. The Labute approximate surface area is 97.6 Å². The molecule has 0 spiro atoms. The Hall–Kier alpha value is -0.610. The van der Waals surface area contributed by atoms with Crippen LogP contribution in [0.25, 0.3) is 0 Å². The molecule has 4 heteroatoms. The first-order chi connectivity index (χ1) is 7.86. The topological polar surface area (TPSA) is 53.2 Å². The minimum absolute atomic E-state index is 0.248. The Kier molecular flexibility index (Phi) is 4.60. The van der Waals surface area contributed by atoms with Gasteiger partial charge >= 0.3 is 0 Å². The number of nitrogens with one attached hydrogen (secondary N) is 3. The van der Waals surface area contributed by atoms with Crippen LogP contribution in [0.4, 0.5) is 0 Å². The third-order valence-corrected chi connectivity index (χ3v) is 3.35. The van der Waals surface area contributed by atoms with Crippen LogP contribution in [0.1, 0.15) is 32.1 Å². The molecule has 1 saturated heterocycles. The highest BCUT2D eigenvalue weighted by Crippen LogP contribution is 2.28.